The predicted molar refractivity (Wildman–Crippen MR) is 130 cm³/mol. The Balaban J connectivity index is 2.02. The van der Waals surface area contributed by atoms with Crippen LogP contribution in [0.15, 0.2) is 0 Å². The Morgan fingerprint density at radius 1 is 0.938 bits per heavy atom. The lowest BCUT2D eigenvalue weighted by molar-refractivity contribution is -0.165. The van der Waals surface area contributed by atoms with Gasteiger partial charge >= 0.3 is 11.9 Å². The highest BCUT2D eigenvalue weighted by atomic mass is 16.5. The van der Waals surface area contributed by atoms with Crippen molar-refractivity contribution in [3.8, 4) is 0 Å². The van der Waals surface area contributed by atoms with Crippen LogP contribution in [-0.4, -0.2) is 23.7 Å². The van der Waals surface area contributed by atoms with E-state index in [2.05, 4.69) is 27.7 Å². The Morgan fingerprint density at radius 3 is 2.31 bits per heavy atom. The highest BCUT2D eigenvalue weighted by molar-refractivity contribution is 5.81. The minimum atomic E-state index is -0.844. The van der Waals surface area contributed by atoms with Crippen LogP contribution >= 0.6 is 0 Å². The molecule has 0 aromatic heterocycles. The van der Waals surface area contributed by atoms with Crippen molar-refractivity contribution >= 4 is 11.9 Å². The molecule has 6 atom stereocenters. The van der Waals surface area contributed by atoms with Crippen molar-refractivity contribution in [2.24, 2.45) is 40.9 Å². The normalized spacial score (nSPS) is 32.4. The zero-order valence-electron chi connectivity index (χ0n) is 21.5. The molecule has 186 valence electrons. The number of carbonyl (C=O) groups is 2. The molecule has 2 rings (SSSR count). The first-order chi connectivity index (χ1) is 15.2. The van der Waals surface area contributed by atoms with Crippen LogP contribution in [0, 0.1) is 40.9 Å². The van der Waals surface area contributed by atoms with Crippen LogP contribution in [0.5, 0.6) is 0 Å². The molecule has 1 N–H and O–H groups in total. The number of aliphatic carboxylic acids is 1. The number of hydrogen-bond acceptors (Lipinski definition) is 3. The highest BCUT2D eigenvalue weighted by Crippen LogP contribution is 2.51. The summed E-state index contributed by atoms with van der Waals surface area (Å²) in [6.07, 6.45) is 15.2. The van der Waals surface area contributed by atoms with Crippen LogP contribution < -0.4 is 0 Å². The third-order valence-electron chi connectivity index (χ3n) is 9.00. The first kappa shape index (κ1) is 27.2. The van der Waals surface area contributed by atoms with Gasteiger partial charge in [-0.3, -0.25) is 9.59 Å². The molecule has 0 radical (unpaired) electrons. The summed E-state index contributed by atoms with van der Waals surface area (Å²) in [7, 11) is 0. The number of carboxylic acid groups (broad SMARTS) is 1. The summed E-state index contributed by atoms with van der Waals surface area (Å²) >= 11 is 0. The molecular weight excluding hydrogens is 400 g/mol. The molecule has 0 aromatic carbocycles. The van der Waals surface area contributed by atoms with Gasteiger partial charge in [-0.05, 0) is 61.2 Å². The van der Waals surface area contributed by atoms with Crippen molar-refractivity contribution in [2.75, 3.05) is 6.61 Å². The summed E-state index contributed by atoms with van der Waals surface area (Å²) in [5.74, 6) is -0.318. The molecular formula is C28H50O4. The number of esters is 1. The summed E-state index contributed by atoms with van der Waals surface area (Å²) in [5.41, 5.74) is 0.148. The van der Waals surface area contributed by atoms with Gasteiger partial charge in [0.05, 0.1) is 18.4 Å². The van der Waals surface area contributed by atoms with E-state index in [1.807, 2.05) is 6.92 Å². The van der Waals surface area contributed by atoms with Crippen LogP contribution in [0.2, 0.25) is 0 Å². The molecule has 2 fully saturated rings. The van der Waals surface area contributed by atoms with Crippen LogP contribution in [0.4, 0.5) is 0 Å². The van der Waals surface area contributed by atoms with Crippen molar-refractivity contribution in [1.29, 1.82) is 0 Å². The van der Waals surface area contributed by atoms with Gasteiger partial charge in [0.2, 0.25) is 0 Å². The number of rotatable bonds is 12. The smallest absolute Gasteiger partial charge is 0.309 e. The summed E-state index contributed by atoms with van der Waals surface area (Å²) in [6, 6.07) is 0. The largest absolute Gasteiger partial charge is 0.481 e. The second-order valence-corrected chi connectivity index (χ2v) is 11.5. The summed E-state index contributed by atoms with van der Waals surface area (Å²) in [4.78, 5) is 24.8. The van der Waals surface area contributed by atoms with Crippen molar-refractivity contribution in [2.45, 2.75) is 118 Å². The predicted octanol–water partition coefficient (Wildman–Crippen LogP) is 7.50. The van der Waals surface area contributed by atoms with Gasteiger partial charge in [0.15, 0.2) is 0 Å². The van der Waals surface area contributed by atoms with E-state index < -0.39 is 17.8 Å². The summed E-state index contributed by atoms with van der Waals surface area (Å²) < 4.78 is 5.89. The van der Waals surface area contributed by atoms with E-state index in [1.165, 1.54) is 57.8 Å². The molecule has 0 saturated heterocycles. The third kappa shape index (κ3) is 6.97. The SMILES string of the molecule is CCCCCCC1C(CCCC)CCC(COC(=O)C2CCCC(C)C2C(=O)O)C1(C)C. The van der Waals surface area contributed by atoms with E-state index in [-0.39, 0.29) is 17.3 Å². The van der Waals surface area contributed by atoms with Gasteiger partial charge in [0.25, 0.3) is 0 Å². The number of hydrogen-bond donors (Lipinski definition) is 1. The molecule has 0 heterocycles. The van der Waals surface area contributed by atoms with Crippen LogP contribution in [-0.2, 0) is 14.3 Å². The molecule has 2 aliphatic rings. The highest BCUT2D eigenvalue weighted by Gasteiger charge is 2.46. The monoisotopic (exact) mass is 450 g/mol. The summed E-state index contributed by atoms with van der Waals surface area (Å²) in [5, 5.41) is 9.68. The van der Waals surface area contributed by atoms with Crippen molar-refractivity contribution in [3.05, 3.63) is 0 Å². The molecule has 0 aromatic rings. The molecule has 0 aliphatic heterocycles. The van der Waals surface area contributed by atoms with Crippen LogP contribution in [0.1, 0.15) is 118 Å². The van der Waals surface area contributed by atoms with E-state index in [0.717, 1.165) is 25.2 Å². The van der Waals surface area contributed by atoms with E-state index in [9.17, 15) is 14.7 Å². The average Bonchev–Trinajstić information content (AvgIpc) is 2.74. The zero-order chi connectivity index (χ0) is 23.7. The number of unbranched alkanes of at least 4 members (excludes halogenated alkanes) is 4. The van der Waals surface area contributed by atoms with Gasteiger partial charge in [-0.2, -0.15) is 0 Å². The fraction of sp³-hybridized carbons (Fsp3) is 0.929. The Kier molecular flexibility index (Phi) is 11.0. The lowest BCUT2D eigenvalue weighted by Gasteiger charge is -2.50. The fourth-order valence-electron chi connectivity index (χ4n) is 6.79. The van der Waals surface area contributed by atoms with Crippen LogP contribution in [0.3, 0.4) is 0 Å². The molecule has 0 amide bonds. The van der Waals surface area contributed by atoms with Gasteiger partial charge in [-0.1, -0.05) is 86.0 Å². The minimum Gasteiger partial charge on any atom is -0.481 e. The van der Waals surface area contributed by atoms with Crippen molar-refractivity contribution in [3.63, 3.8) is 0 Å². The third-order valence-corrected chi connectivity index (χ3v) is 9.00. The molecule has 4 nitrogen and oxygen atoms in total. The molecule has 0 bridgehead atoms. The zero-order valence-corrected chi connectivity index (χ0v) is 21.5. The second kappa shape index (κ2) is 13.0. The second-order valence-electron chi connectivity index (χ2n) is 11.5. The van der Waals surface area contributed by atoms with Gasteiger partial charge < -0.3 is 9.84 Å². The first-order valence-corrected chi connectivity index (χ1v) is 13.6. The maximum atomic E-state index is 13.0. The lowest BCUT2D eigenvalue weighted by Crippen LogP contribution is -2.44. The summed E-state index contributed by atoms with van der Waals surface area (Å²) in [6.45, 7) is 11.8. The Bertz CT molecular complexity index is 584. The van der Waals surface area contributed by atoms with Crippen LogP contribution in [0.25, 0.3) is 0 Å². The van der Waals surface area contributed by atoms with Gasteiger partial charge in [0, 0.05) is 0 Å². The first-order valence-electron chi connectivity index (χ1n) is 13.6. The standard InChI is InChI=1S/C28H50O4/c1-6-8-10-11-16-24-21(14-9-7-2)17-18-22(28(24,4)5)19-32-27(31)23-15-12-13-20(3)25(23)26(29)30/h20-25H,6-19H2,1-5H3,(H,29,30). The topological polar surface area (TPSA) is 63.6 Å². The van der Waals surface area contributed by atoms with Crippen molar-refractivity contribution in [1.82, 2.24) is 0 Å². The molecule has 32 heavy (non-hydrogen) atoms. The Labute approximate surface area is 197 Å². The lowest BCUT2D eigenvalue weighted by atomic mass is 9.56. The number of carboxylic acids is 1. The fourth-order valence-corrected chi connectivity index (χ4v) is 6.79. The number of carbonyl (C=O) groups excluding carboxylic acids is 1. The molecule has 0 spiro atoms. The quantitative estimate of drug-likeness (QED) is 0.247. The van der Waals surface area contributed by atoms with E-state index >= 15 is 0 Å². The maximum absolute atomic E-state index is 13.0. The van der Waals surface area contributed by atoms with Gasteiger partial charge in [-0.25, -0.2) is 0 Å². The van der Waals surface area contributed by atoms with E-state index in [1.54, 1.807) is 0 Å². The molecule has 2 aliphatic carbocycles. The average molecular weight is 451 g/mol. The van der Waals surface area contributed by atoms with Gasteiger partial charge in [-0.15, -0.1) is 0 Å². The number of ether oxygens (including phenoxy) is 1. The van der Waals surface area contributed by atoms with Gasteiger partial charge in [0.1, 0.15) is 0 Å². The Morgan fingerprint density at radius 2 is 1.66 bits per heavy atom. The minimum absolute atomic E-state index is 0.0387. The molecule has 6 unspecified atom stereocenters. The molecule has 4 heteroatoms. The Hall–Kier alpha value is -1.06. The molecule has 2 saturated carbocycles. The van der Waals surface area contributed by atoms with E-state index in [0.29, 0.717) is 24.9 Å². The van der Waals surface area contributed by atoms with Crippen molar-refractivity contribution < 1.29 is 19.4 Å². The maximum Gasteiger partial charge on any atom is 0.309 e. The van der Waals surface area contributed by atoms with E-state index in [4.69, 9.17) is 4.74 Å².